The molecule has 0 radical (unpaired) electrons. The molecule has 0 aliphatic heterocycles. The van der Waals surface area contributed by atoms with E-state index in [1.54, 1.807) is 19.1 Å². The highest BCUT2D eigenvalue weighted by Gasteiger charge is 2.09. The average Bonchev–Trinajstić information content (AvgIpc) is 2.82. The predicted molar refractivity (Wildman–Crippen MR) is 71.8 cm³/mol. The Balaban J connectivity index is 1.90. The Morgan fingerprint density at radius 1 is 1.45 bits per heavy atom. The molecule has 0 atom stereocenters. The molecule has 2 aromatic rings. The molecule has 0 fully saturated rings. The molecule has 0 saturated heterocycles. The number of carbonyl (C=O) groups excluding carboxylic acids is 1. The number of thioether (sulfide) groups is 1. The maximum absolute atomic E-state index is 11.7. The van der Waals surface area contributed by atoms with E-state index in [-0.39, 0.29) is 17.4 Å². The minimum atomic E-state index is -1.10. The summed E-state index contributed by atoms with van der Waals surface area (Å²) in [5, 5.41) is 15.0. The Kier molecular flexibility index (Phi) is 4.36. The van der Waals surface area contributed by atoms with Crippen LogP contribution in [-0.4, -0.2) is 32.9 Å². The highest BCUT2D eigenvalue weighted by molar-refractivity contribution is 8.00. The Hall–Kier alpha value is -2.35. The number of aryl methyl sites for hydroxylation is 1. The van der Waals surface area contributed by atoms with E-state index in [0.717, 1.165) is 0 Å². The summed E-state index contributed by atoms with van der Waals surface area (Å²) >= 11 is 1.21. The van der Waals surface area contributed by atoms with Crippen molar-refractivity contribution in [1.82, 2.24) is 10.1 Å². The van der Waals surface area contributed by atoms with Crippen molar-refractivity contribution < 1.29 is 19.2 Å². The first-order valence-corrected chi connectivity index (χ1v) is 6.58. The normalized spacial score (nSPS) is 10.2. The van der Waals surface area contributed by atoms with Crippen LogP contribution in [0.5, 0.6) is 0 Å². The van der Waals surface area contributed by atoms with E-state index in [4.69, 9.17) is 9.63 Å². The quantitative estimate of drug-likeness (QED) is 0.810. The van der Waals surface area contributed by atoms with E-state index >= 15 is 0 Å². The number of rotatable bonds is 5. The first-order valence-electron chi connectivity index (χ1n) is 5.60. The second-order valence-electron chi connectivity index (χ2n) is 3.84. The van der Waals surface area contributed by atoms with E-state index < -0.39 is 5.97 Å². The standard InChI is InChI=1S/C12H11N3O4S/c1-7-4-10(15-19-7)14-11(16)6-20-8-2-3-13-9(5-8)12(17)18/h2-5H,6H2,1H3,(H,17,18)(H,14,15,16). The van der Waals surface area contributed by atoms with Gasteiger partial charge in [0.2, 0.25) is 5.91 Å². The lowest BCUT2D eigenvalue weighted by atomic mass is 10.3. The van der Waals surface area contributed by atoms with Gasteiger partial charge in [-0.3, -0.25) is 4.79 Å². The van der Waals surface area contributed by atoms with Gasteiger partial charge in [-0.05, 0) is 19.1 Å². The predicted octanol–water partition coefficient (Wildman–Crippen LogP) is 1.81. The topological polar surface area (TPSA) is 105 Å². The third-order valence-electron chi connectivity index (χ3n) is 2.22. The minimum absolute atomic E-state index is 0.0532. The van der Waals surface area contributed by atoms with Crippen LogP contribution >= 0.6 is 11.8 Å². The lowest BCUT2D eigenvalue weighted by molar-refractivity contribution is -0.113. The van der Waals surface area contributed by atoms with Crippen LogP contribution < -0.4 is 5.32 Å². The van der Waals surface area contributed by atoms with Crippen LogP contribution in [0.3, 0.4) is 0 Å². The fourth-order valence-electron chi connectivity index (χ4n) is 1.37. The van der Waals surface area contributed by atoms with Crippen LogP contribution in [0.15, 0.2) is 33.8 Å². The van der Waals surface area contributed by atoms with Crippen LogP contribution in [0.1, 0.15) is 16.2 Å². The Labute approximate surface area is 118 Å². The molecule has 2 rings (SSSR count). The molecule has 8 heteroatoms. The fraction of sp³-hybridized carbons (Fsp3) is 0.167. The fourth-order valence-corrected chi connectivity index (χ4v) is 2.09. The molecule has 0 spiro atoms. The summed E-state index contributed by atoms with van der Waals surface area (Å²) in [6.07, 6.45) is 1.39. The van der Waals surface area contributed by atoms with Gasteiger partial charge in [-0.1, -0.05) is 5.16 Å². The molecule has 7 nitrogen and oxygen atoms in total. The first-order chi connectivity index (χ1) is 9.54. The van der Waals surface area contributed by atoms with E-state index in [0.29, 0.717) is 16.5 Å². The number of hydrogen-bond donors (Lipinski definition) is 2. The summed E-state index contributed by atoms with van der Waals surface area (Å²) in [5.41, 5.74) is -0.0532. The highest BCUT2D eigenvalue weighted by atomic mass is 32.2. The van der Waals surface area contributed by atoms with Gasteiger partial charge in [0, 0.05) is 17.2 Å². The van der Waals surface area contributed by atoms with Crippen molar-refractivity contribution in [2.24, 2.45) is 0 Å². The molecule has 104 valence electrons. The van der Waals surface area contributed by atoms with Crippen LogP contribution in [-0.2, 0) is 4.79 Å². The number of aromatic carboxylic acids is 1. The number of carbonyl (C=O) groups is 2. The molecule has 2 heterocycles. The Morgan fingerprint density at radius 2 is 2.25 bits per heavy atom. The van der Waals surface area contributed by atoms with Crippen LogP contribution in [0.2, 0.25) is 0 Å². The third-order valence-corrected chi connectivity index (χ3v) is 3.21. The maximum Gasteiger partial charge on any atom is 0.354 e. The van der Waals surface area contributed by atoms with E-state index in [9.17, 15) is 9.59 Å². The summed E-state index contributed by atoms with van der Waals surface area (Å²) in [7, 11) is 0. The zero-order valence-electron chi connectivity index (χ0n) is 10.5. The summed E-state index contributed by atoms with van der Waals surface area (Å²) in [5.74, 6) is -0.260. The van der Waals surface area contributed by atoms with Crippen LogP contribution in [0, 0.1) is 6.92 Å². The molecular weight excluding hydrogens is 282 g/mol. The van der Waals surface area contributed by atoms with Crippen molar-refractivity contribution in [3.8, 4) is 0 Å². The Bertz CT molecular complexity index is 641. The van der Waals surface area contributed by atoms with Gasteiger partial charge in [0.15, 0.2) is 5.82 Å². The second-order valence-corrected chi connectivity index (χ2v) is 4.89. The van der Waals surface area contributed by atoms with Crippen molar-refractivity contribution in [3.05, 3.63) is 35.9 Å². The summed E-state index contributed by atoms with van der Waals surface area (Å²) in [4.78, 5) is 26.8. The van der Waals surface area contributed by atoms with Crippen molar-refractivity contribution >= 4 is 29.5 Å². The number of anilines is 1. The number of nitrogens with one attached hydrogen (secondary N) is 1. The van der Waals surface area contributed by atoms with Gasteiger partial charge < -0.3 is 14.9 Å². The molecular formula is C12H11N3O4S. The number of carboxylic acid groups (broad SMARTS) is 1. The van der Waals surface area contributed by atoms with Crippen LogP contribution in [0.4, 0.5) is 5.82 Å². The number of pyridine rings is 1. The van der Waals surface area contributed by atoms with Crippen molar-refractivity contribution in [2.45, 2.75) is 11.8 Å². The molecule has 0 aliphatic carbocycles. The van der Waals surface area contributed by atoms with Gasteiger partial charge in [0.05, 0.1) is 5.75 Å². The third kappa shape index (κ3) is 3.82. The van der Waals surface area contributed by atoms with Gasteiger partial charge in [-0.2, -0.15) is 0 Å². The largest absolute Gasteiger partial charge is 0.477 e. The molecule has 0 aliphatic rings. The SMILES string of the molecule is Cc1cc(NC(=O)CSc2ccnc(C(=O)O)c2)no1. The van der Waals surface area contributed by atoms with E-state index in [1.165, 1.54) is 24.0 Å². The number of hydrogen-bond acceptors (Lipinski definition) is 6. The minimum Gasteiger partial charge on any atom is -0.477 e. The summed E-state index contributed by atoms with van der Waals surface area (Å²) in [6.45, 7) is 1.72. The van der Waals surface area contributed by atoms with Gasteiger partial charge in [0.25, 0.3) is 0 Å². The number of aromatic nitrogens is 2. The maximum atomic E-state index is 11.7. The number of amides is 1. The molecule has 0 saturated carbocycles. The van der Waals surface area contributed by atoms with Gasteiger partial charge in [0.1, 0.15) is 11.5 Å². The molecule has 0 unspecified atom stereocenters. The average molecular weight is 293 g/mol. The Morgan fingerprint density at radius 3 is 2.90 bits per heavy atom. The first kappa shape index (κ1) is 14.1. The van der Waals surface area contributed by atoms with Crippen molar-refractivity contribution in [2.75, 3.05) is 11.1 Å². The summed E-state index contributed by atoms with van der Waals surface area (Å²) < 4.78 is 4.83. The second kappa shape index (κ2) is 6.20. The van der Waals surface area contributed by atoms with Gasteiger partial charge >= 0.3 is 5.97 Å². The van der Waals surface area contributed by atoms with Gasteiger partial charge in [-0.15, -0.1) is 11.8 Å². The number of nitrogens with zero attached hydrogens (tertiary/aromatic N) is 2. The molecule has 2 N–H and O–H groups in total. The molecule has 2 aromatic heterocycles. The smallest absolute Gasteiger partial charge is 0.354 e. The highest BCUT2D eigenvalue weighted by Crippen LogP contribution is 2.18. The zero-order valence-corrected chi connectivity index (χ0v) is 11.3. The molecule has 0 bridgehead atoms. The lowest BCUT2D eigenvalue weighted by Gasteiger charge is -2.02. The number of carboxylic acids is 1. The zero-order chi connectivity index (χ0) is 14.5. The van der Waals surface area contributed by atoms with E-state index in [1.807, 2.05) is 0 Å². The molecule has 1 amide bonds. The van der Waals surface area contributed by atoms with Crippen LogP contribution in [0.25, 0.3) is 0 Å². The van der Waals surface area contributed by atoms with E-state index in [2.05, 4.69) is 15.5 Å². The van der Waals surface area contributed by atoms with Crippen molar-refractivity contribution in [3.63, 3.8) is 0 Å². The molecule has 20 heavy (non-hydrogen) atoms. The van der Waals surface area contributed by atoms with Crippen molar-refractivity contribution in [1.29, 1.82) is 0 Å². The summed E-state index contributed by atoms with van der Waals surface area (Å²) in [6, 6.07) is 4.67. The monoisotopic (exact) mass is 293 g/mol. The molecule has 0 aromatic carbocycles. The van der Waals surface area contributed by atoms with Gasteiger partial charge in [-0.25, -0.2) is 9.78 Å². The lowest BCUT2D eigenvalue weighted by Crippen LogP contribution is -2.14.